The minimum Gasteiger partial charge on any atom is -0.412 e. The Morgan fingerprint density at radius 2 is 0.837 bits per heavy atom. The smallest absolute Gasteiger partial charge is 0.320 e. The average molecular weight is 653 g/mol. The standard InChI is InChI=1S/2C19H15N3O2.H2O/c2*20-12-15-11-16(18(23)14-9-5-2-6-10-14)17(22-19(24)21-15)13-7-3-1-4-8-13;/h2*1-10,15H,11H2,(H2,21,22,24);1H2/t2*15-;/m00./s1. The molecule has 6 rings (SSSR count). The number of rotatable bonds is 6. The molecule has 0 fully saturated rings. The second-order valence-corrected chi connectivity index (χ2v) is 10.8. The summed E-state index contributed by atoms with van der Waals surface area (Å²) < 4.78 is 0. The topological polar surface area (TPSA) is 195 Å². The minimum absolute atomic E-state index is 0. The van der Waals surface area contributed by atoms with Crippen LogP contribution in [0.5, 0.6) is 0 Å². The van der Waals surface area contributed by atoms with Gasteiger partial charge in [-0.2, -0.15) is 10.5 Å². The van der Waals surface area contributed by atoms with Crippen LogP contribution in [0.2, 0.25) is 0 Å². The summed E-state index contributed by atoms with van der Waals surface area (Å²) in [4.78, 5) is 50.0. The highest BCUT2D eigenvalue weighted by molar-refractivity contribution is 6.15. The summed E-state index contributed by atoms with van der Waals surface area (Å²) in [6.07, 6.45) is 0.292. The van der Waals surface area contributed by atoms with Crippen molar-refractivity contribution in [1.82, 2.24) is 21.3 Å². The number of Topliss-reactive ketones (excluding diaryl/α,β-unsaturated/α-hetero) is 2. The van der Waals surface area contributed by atoms with Crippen molar-refractivity contribution >= 4 is 35.0 Å². The summed E-state index contributed by atoms with van der Waals surface area (Å²) >= 11 is 0. The molecule has 4 aromatic rings. The molecule has 11 heteroatoms. The molecule has 0 aliphatic carbocycles. The molecule has 0 spiro atoms. The Bertz CT molecular complexity index is 1820. The molecule has 0 radical (unpaired) electrons. The van der Waals surface area contributed by atoms with E-state index in [-0.39, 0.29) is 29.9 Å². The normalized spacial score (nSPS) is 16.9. The van der Waals surface area contributed by atoms with E-state index in [1.54, 1.807) is 48.5 Å². The first kappa shape index (κ1) is 35.0. The number of urea groups is 2. The SMILES string of the molecule is N#C[C@@H]1CC(C(=O)c2ccccc2)=C(c2ccccc2)NC(=O)N1.N#C[C@@H]1CC(C(=O)c2ccccc2)=C(c2ccccc2)NC(=O)N1.O. The Balaban J connectivity index is 0.000000216. The van der Waals surface area contributed by atoms with Crippen molar-refractivity contribution in [3.8, 4) is 12.1 Å². The van der Waals surface area contributed by atoms with E-state index in [2.05, 4.69) is 21.3 Å². The highest BCUT2D eigenvalue weighted by Gasteiger charge is 2.29. The fourth-order valence-electron chi connectivity index (χ4n) is 5.28. The van der Waals surface area contributed by atoms with Gasteiger partial charge in [0.2, 0.25) is 0 Å². The molecule has 2 aliphatic rings. The number of nitrogens with zero attached hydrogens (tertiary/aromatic N) is 2. The third-order valence-electron chi connectivity index (χ3n) is 7.56. The molecule has 2 heterocycles. The first-order valence-electron chi connectivity index (χ1n) is 15.1. The van der Waals surface area contributed by atoms with Crippen LogP contribution >= 0.6 is 0 Å². The third-order valence-corrected chi connectivity index (χ3v) is 7.56. The van der Waals surface area contributed by atoms with Crippen LogP contribution in [0.1, 0.15) is 44.7 Å². The molecule has 0 unspecified atom stereocenters. The van der Waals surface area contributed by atoms with Crippen molar-refractivity contribution in [2.45, 2.75) is 24.9 Å². The summed E-state index contributed by atoms with van der Waals surface area (Å²) in [6.45, 7) is 0. The van der Waals surface area contributed by atoms with Gasteiger partial charge in [0.05, 0.1) is 23.5 Å². The molecule has 0 saturated carbocycles. The van der Waals surface area contributed by atoms with Crippen LogP contribution in [0.3, 0.4) is 0 Å². The van der Waals surface area contributed by atoms with E-state index in [4.69, 9.17) is 0 Å². The van der Waals surface area contributed by atoms with Crippen molar-refractivity contribution < 1.29 is 24.7 Å². The van der Waals surface area contributed by atoms with Gasteiger partial charge >= 0.3 is 12.1 Å². The number of carbonyl (C=O) groups is 4. The number of nitriles is 2. The zero-order chi connectivity index (χ0) is 33.9. The van der Waals surface area contributed by atoms with Crippen molar-refractivity contribution in [2.75, 3.05) is 0 Å². The number of amides is 4. The van der Waals surface area contributed by atoms with E-state index in [0.717, 1.165) is 11.1 Å². The molecular formula is C38H32N6O5. The highest BCUT2D eigenvalue weighted by atomic mass is 16.2. The van der Waals surface area contributed by atoms with Crippen molar-refractivity contribution in [3.05, 3.63) is 155 Å². The summed E-state index contributed by atoms with van der Waals surface area (Å²) in [7, 11) is 0. The number of benzene rings is 4. The lowest BCUT2D eigenvalue weighted by Gasteiger charge is -2.13. The van der Waals surface area contributed by atoms with Gasteiger partial charge in [-0.15, -0.1) is 0 Å². The molecule has 2 aliphatic heterocycles. The third kappa shape index (κ3) is 8.71. The van der Waals surface area contributed by atoms with Crippen molar-refractivity contribution in [2.24, 2.45) is 0 Å². The van der Waals surface area contributed by atoms with Crippen LogP contribution in [-0.2, 0) is 0 Å². The minimum atomic E-state index is -0.756. The van der Waals surface area contributed by atoms with E-state index < -0.39 is 24.1 Å². The van der Waals surface area contributed by atoms with Gasteiger partial charge in [-0.1, -0.05) is 121 Å². The zero-order valence-electron chi connectivity index (χ0n) is 26.1. The molecule has 11 nitrogen and oxygen atoms in total. The first-order chi connectivity index (χ1) is 23.4. The summed E-state index contributed by atoms with van der Waals surface area (Å²) in [5.41, 5.74) is 4.22. The monoisotopic (exact) mass is 652 g/mol. The van der Waals surface area contributed by atoms with E-state index >= 15 is 0 Å². The summed E-state index contributed by atoms with van der Waals surface area (Å²) in [5, 5.41) is 29.0. The molecule has 0 bridgehead atoms. The van der Waals surface area contributed by atoms with E-state index in [1.165, 1.54) is 0 Å². The van der Waals surface area contributed by atoms with Gasteiger partial charge in [-0.3, -0.25) is 9.59 Å². The lowest BCUT2D eigenvalue weighted by Crippen LogP contribution is -2.38. The maximum absolute atomic E-state index is 13.0. The van der Waals surface area contributed by atoms with Gasteiger partial charge in [-0.25, -0.2) is 9.59 Å². The molecule has 4 amide bonds. The maximum Gasteiger partial charge on any atom is 0.320 e. The fraction of sp³-hybridized carbons (Fsp3) is 0.105. The number of nitrogens with one attached hydrogen (secondary N) is 4. The Hall–Kier alpha value is -6.82. The van der Waals surface area contributed by atoms with Gasteiger partial charge in [0.25, 0.3) is 0 Å². The molecule has 2 atom stereocenters. The van der Waals surface area contributed by atoms with Gasteiger partial charge < -0.3 is 26.7 Å². The van der Waals surface area contributed by atoms with Crippen LogP contribution in [0.4, 0.5) is 9.59 Å². The van der Waals surface area contributed by atoms with E-state index in [1.807, 2.05) is 84.9 Å². The van der Waals surface area contributed by atoms with Crippen LogP contribution in [0, 0.1) is 22.7 Å². The zero-order valence-corrected chi connectivity index (χ0v) is 26.1. The lowest BCUT2D eigenvalue weighted by molar-refractivity contribution is 0.102. The molecule has 6 N–H and O–H groups in total. The van der Waals surface area contributed by atoms with Crippen molar-refractivity contribution in [3.63, 3.8) is 0 Å². The second kappa shape index (κ2) is 16.7. The van der Waals surface area contributed by atoms with Crippen LogP contribution in [0.25, 0.3) is 11.4 Å². The predicted molar refractivity (Wildman–Crippen MR) is 183 cm³/mol. The molecule has 49 heavy (non-hydrogen) atoms. The Kier molecular flexibility index (Phi) is 11.9. The maximum atomic E-state index is 13.0. The Labute approximate surface area is 282 Å². The number of carbonyl (C=O) groups excluding carboxylic acids is 4. The molecule has 0 aromatic heterocycles. The number of ketones is 2. The van der Waals surface area contributed by atoms with Crippen molar-refractivity contribution in [1.29, 1.82) is 10.5 Å². The van der Waals surface area contributed by atoms with Crippen LogP contribution in [0.15, 0.2) is 132 Å². The number of hydrogen-bond acceptors (Lipinski definition) is 6. The highest BCUT2D eigenvalue weighted by Crippen LogP contribution is 2.26. The largest absolute Gasteiger partial charge is 0.412 e. The van der Waals surface area contributed by atoms with Crippen LogP contribution < -0.4 is 21.3 Å². The predicted octanol–water partition coefficient (Wildman–Crippen LogP) is 4.93. The van der Waals surface area contributed by atoms with Gasteiger partial charge in [0.1, 0.15) is 12.1 Å². The molecule has 244 valence electrons. The lowest BCUT2D eigenvalue weighted by atomic mass is 9.94. The fourth-order valence-corrected chi connectivity index (χ4v) is 5.28. The van der Waals surface area contributed by atoms with Gasteiger partial charge in [0, 0.05) is 35.1 Å². The summed E-state index contributed by atoms with van der Waals surface area (Å²) in [5.74, 6) is -0.391. The van der Waals surface area contributed by atoms with Crippen LogP contribution in [-0.4, -0.2) is 41.2 Å². The second-order valence-electron chi connectivity index (χ2n) is 10.8. The van der Waals surface area contributed by atoms with Gasteiger partial charge in [0.15, 0.2) is 11.6 Å². The summed E-state index contributed by atoms with van der Waals surface area (Å²) in [6, 6.07) is 37.6. The van der Waals surface area contributed by atoms with Gasteiger partial charge in [-0.05, 0) is 11.1 Å². The van der Waals surface area contributed by atoms with E-state index in [0.29, 0.717) is 33.7 Å². The Morgan fingerprint density at radius 3 is 1.14 bits per heavy atom. The quantitative estimate of drug-likeness (QED) is 0.213. The first-order valence-corrected chi connectivity index (χ1v) is 15.1. The van der Waals surface area contributed by atoms with E-state index in [9.17, 15) is 29.7 Å². The molecule has 0 saturated heterocycles. The molecular weight excluding hydrogens is 620 g/mol. The Morgan fingerprint density at radius 1 is 0.531 bits per heavy atom. The number of hydrogen-bond donors (Lipinski definition) is 4. The molecule has 4 aromatic carbocycles. The average Bonchev–Trinajstić information content (AvgIpc) is 3.43.